The van der Waals surface area contributed by atoms with Crippen molar-refractivity contribution in [3.63, 3.8) is 0 Å². The summed E-state index contributed by atoms with van der Waals surface area (Å²) < 4.78 is 0. The molecule has 1 aliphatic rings. The molecule has 218 valence electrons. The van der Waals surface area contributed by atoms with Crippen LogP contribution < -0.4 is 0 Å². The van der Waals surface area contributed by atoms with Crippen molar-refractivity contribution in [2.24, 2.45) is 10.8 Å². The summed E-state index contributed by atoms with van der Waals surface area (Å²) in [7, 11) is 0. The molecule has 2 aromatic carbocycles. The average molecular weight is 531 g/mol. The van der Waals surface area contributed by atoms with Crippen molar-refractivity contribution in [3.8, 4) is 11.1 Å². The summed E-state index contributed by atoms with van der Waals surface area (Å²) in [5.74, 6) is 0. The number of rotatable bonds is 18. The van der Waals surface area contributed by atoms with Crippen molar-refractivity contribution >= 4 is 0 Å². The van der Waals surface area contributed by atoms with Crippen LogP contribution in [0, 0.1) is 10.8 Å². The molecule has 0 radical (unpaired) electrons. The Bertz CT molecular complexity index is 965. The maximum Gasteiger partial charge on any atom is -0.00106 e. The molecule has 0 atom stereocenters. The number of aryl methyl sites for hydroxylation is 1. The Kier molecular flexibility index (Phi) is 13.1. The van der Waals surface area contributed by atoms with Gasteiger partial charge in [0, 0.05) is 0 Å². The number of fused-ring (bicyclic) bond motifs is 3. The zero-order valence-electron chi connectivity index (χ0n) is 26.9. The molecule has 0 spiro atoms. The Hall–Kier alpha value is -1.56. The normalized spacial score (nSPS) is 13.1. The molecule has 1 aliphatic carbocycles. The van der Waals surface area contributed by atoms with Crippen LogP contribution in [0.1, 0.15) is 167 Å². The SMILES string of the molecule is CC(C)(C)CCCCCCCCCc1ccc2c(c1CCCCCCCCCC(C)(C)C)Cc1ccccc1-2. The molecule has 39 heavy (non-hydrogen) atoms. The molecule has 0 fully saturated rings. The van der Waals surface area contributed by atoms with E-state index in [-0.39, 0.29) is 0 Å². The molecule has 0 saturated carbocycles. The fourth-order valence-corrected chi connectivity index (χ4v) is 6.56. The molecule has 0 nitrogen and oxygen atoms in total. The molecule has 0 bridgehead atoms. The maximum atomic E-state index is 2.50. The Labute approximate surface area is 243 Å². The smallest absolute Gasteiger partial charge is 0.00106 e. The molecule has 3 rings (SSSR count). The highest BCUT2D eigenvalue weighted by Crippen LogP contribution is 2.40. The number of unbranched alkanes of at least 4 members (excludes halogenated alkanes) is 12. The molecule has 0 saturated heterocycles. The summed E-state index contributed by atoms with van der Waals surface area (Å²) >= 11 is 0. The van der Waals surface area contributed by atoms with Crippen LogP contribution in [0.25, 0.3) is 11.1 Å². The highest BCUT2D eigenvalue weighted by molar-refractivity contribution is 5.78. The summed E-state index contributed by atoms with van der Waals surface area (Å²) in [6.45, 7) is 14.2. The van der Waals surface area contributed by atoms with Crippen LogP contribution in [0.2, 0.25) is 0 Å². The first-order chi connectivity index (χ1) is 18.6. The lowest BCUT2D eigenvalue weighted by molar-refractivity contribution is 0.356. The van der Waals surface area contributed by atoms with Gasteiger partial charge in [0.05, 0.1) is 0 Å². The van der Waals surface area contributed by atoms with Gasteiger partial charge in [-0.15, -0.1) is 0 Å². The van der Waals surface area contributed by atoms with E-state index in [1.165, 1.54) is 132 Å². The fourth-order valence-electron chi connectivity index (χ4n) is 6.56. The van der Waals surface area contributed by atoms with Gasteiger partial charge < -0.3 is 0 Å². The molecule has 0 aliphatic heterocycles. The summed E-state index contributed by atoms with van der Waals surface area (Å²) in [4.78, 5) is 0. The van der Waals surface area contributed by atoms with Crippen molar-refractivity contribution in [1.82, 2.24) is 0 Å². The second kappa shape index (κ2) is 16.0. The van der Waals surface area contributed by atoms with Gasteiger partial charge in [0.2, 0.25) is 0 Å². The summed E-state index contributed by atoms with van der Waals surface area (Å²) in [6.07, 6.45) is 26.1. The largest absolute Gasteiger partial charge is 0.0619 e. The third-order valence-electron chi connectivity index (χ3n) is 8.93. The Morgan fingerprint density at radius 2 is 0.974 bits per heavy atom. The van der Waals surface area contributed by atoms with Gasteiger partial charge in [0.1, 0.15) is 0 Å². The number of hydrogen-bond donors (Lipinski definition) is 0. The minimum absolute atomic E-state index is 0.499. The van der Waals surface area contributed by atoms with Gasteiger partial charge in [-0.3, -0.25) is 0 Å². The van der Waals surface area contributed by atoms with Gasteiger partial charge in [-0.05, 0) is 89.2 Å². The van der Waals surface area contributed by atoms with E-state index in [9.17, 15) is 0 Å². The predicted molar refractivity (Wildman–Crippen MR) is 175 cm³/mol. The van der Waals surface area contributed by atoms with Gasteiger partial charge in [0.15, 0.2) is 0 Å². The van der Waals surface area contributed by atoms with Gasteiger partial charge >= 0.3 is 0 Å². The van der Waals surface area contributed by atoms with E-state index in [0.29, 0.717) is 10.8 Å². The fraction of sp³-hybridized carbons (Fsp3) is 0.692. The quantitative estimate of drug-likeness (QED) is 0.143. The lowest BCUT2D eigenvalue weighted by Crippen LogP contribution is -2.03. The molecular weight excluding hydrogens is 468 g/mol. The highest BCUT2D eigenvalue weighted by atomic mass is 14.3. The van der Waals surface area contributed by atoms with Crippen molar-refractivity contribution in [1.29, 1.82) is 0 Å². The maximum absolute atomic E-state index is 2.50. The second-order valence-corrected chi connectivity index (χ2v) is 15.1. The molecular formula is C39H62. The zero-order valence-corrected chi connectivity index (χ0v) is 26.9. The topological polar surface area (TPSA) is 0 Å². The molecule has 0 amide bonds. The van der Waals surface area contributed by atoms with E-state index in [0.717, 1.165) is 6.42 Å². The first-order valence-corrected chi connectivity index (χ1v) is 16.9. The third kappa shape index (κ3) is 11.8. The van der Waals surface area contributed by atoms with Crippen LogP contribution in [0.5, 0.6) is 0 Å². The minimum atomic E-state index is 0.499. The molecule has 0 heterocycles. The summed E-state index contributed by atoms with van der Waals surface area (Å²) in [5.41, 5.74) is 10.6. The number of hydrogen-bond acceptors (Lipinski definition) is 0. The van der Waals surface area contributed by atoms with E-state index < -0.39 is 0 Å². The Balaban J connectivity index is 1.44. The molecule has 0 aromatic heterocycles. The third-order valence-corrected chi connectivity index (χ3v) is 8.93. The summed E-state index contributed by atoms with van der Waals surface area (Å²) in [6, 6.07) is 14.1. The molecule has 0 unspecified atom stereocenters. The molecule has 0 heteroatoms. The van der Waals surface area contributed by atoms with Crippen LogP contribution in [-0.4, -0.2) is 0 Å². The van der Waals surface area contributed by atoms with Crippen LogP contribution in [0.3, 0.4) is 0 Å². The highest BCUT2D eigenvalue weighted by Gasteiger charge is 2.22. The van der Waals surface area contributed by atoms with Gasteiger partial charge in [0.25, 0.3) is 0 Å². The first kappa shape index (κ1) is 32.0. The summed E-state index contributed by atoms with van der Waals surface area (Å²) in [5, 5.41) is 0. The van der Waals surface area contributed by atoms with Crippen LogP contribution in [0.4, 0.5) is 0 Å². The average Bonchev–Trinajstić information content (AvgIpc) is 3.25. The van der Waals surface area contributed by atoms with Crippen LogP contribution in [-0.2, 0) is 19.3 Å². The van der Waals surface area contributed by atoms with E-state index in [1.54, 1.807) is 16.7 Å². The van der Waals surface area contributed by atoms with E-state index in [2.05, 4.69) is 77.9 Å². The van der Waals surface area contributed by atoms with E-state index in [4.69, 9.17) is 0 Å². The van der Waals surface area contributed by atoms with Gasteiger partial charge in [-0.1, -0.05) is 155 Å². The lowest BCUT2D eigenvalue weighted by atomic mass is 9.89. The number of benzene rings is 2. The van der Waals surface area contributed by atoms with Crippen molar-refractivity contribution in [2.45, 2.75) is 164 Å². The van der Waals surface area contributed by atoms with Crippen molar-refractivity contribution < 1.29 is 0 Å². The predicted octanol–water partition coefficient (Wildman–Crippen LogP) is 12.7. The second-order valence-electron chi connectivity index (χ2n) is 15.1. The molecule has 0 N–H and O–H groups in total. The van der Waals surface area contributed by atoms with Crippen molar-refractivity contribution in [3.05, 3.63) is 58.7 Å². The monoisotopic (exact) mass is 530 g/mol. The van der Waals surface area contributed by atoms with E-state index >= 15 is 0 Å². The van der Waals surface area contributed by atoms with Crippen molar-refractivity contribution in [2.75, 3.05) is 0 Å². The van der Waals surface area contributed by atoms with E-state index in [1.807, 2.05) is 0 Å². The van der Waals surface area contributed by atoms with Crippen LogP contribution in [0.15, 0.2) is 36.4 Å². The Morgan fingerprint density at radius 3 is 1.54 bits per heavy atom. The lowest BCUT2D eigenvalue weighted by Gasteiger charge is -2.17. The Morgan fingerprint density at radius 1 is 0.487 bits per heavy atom. The van der Waals surface area contributed by atoms with Crippen LogP contribution >= 0.6 is 0 Å². The first-order valence-electron chi connectivity index (χ1n) is 16.9. The minimum Gasteiger partial charge on any atom is -0.0619 e. The molecule has 2 aromatic rings. The zero-order chi connectivity index (χ0) is 28.1. The van der Waals surface area contributed by atoms with Gasteiger partial charge in [-0.2, -0.15) is 0 Å². The van der Waals surface area contributed by atoms with Gasteiger partial charge in [-0.25, -0.2) is 0 Å². The standard InChI is InChI=1S/C39H62/c1-38(2,3)29-21-15-11-7-9-13-17-23-32-27-28-36-35-26-20-19-24-33(35)31-37(36)34(32)25-18-14-10-8-12-16-22-30-39(4,5)6/h19-20,24,26-28H,7-18,21-23,25,29-31H2,1-6H3.